The number of pyridine rings is 1. The third-order valence-corrected chi connectivity index (χ3v) is 6.24. The maximum absolute atomic E-state index is 12.3. The molecule has 184 valence electrons. The molecule has 1 atom stereocenters. The molecule has 7 nitrogen and oxygen atoms in total. The van der Waals surface area contributed by atoms with Gasteiger partial charge in [0.2, 0.25) is 0 Å². The lowest BCUT2D eigenvalue weighted by atomic mass is 9.86. The van der Waals surface area contributed by atoms with Gasteiger partial charge in [-0.3, -0.25) is 9.78 Å². The van der Waals surface area contributed by atoms with Crippen LogP contribution in [0.2, 0.25) is 0 Å². The summed E-state index contributed by atoms with van der Waals surface area (Å²) in [4.78, 5) is 25.6. The molecule has 0 saturated carbocycles. The monoisotopic (exact) mass is 498 g/mol. The summed E-state index contributed by atoms with van der Waals surface area (Å²) in [5.74, 6) is 0.720. The number of anilines is 1. The topological polar surface area (TPSA) is 104 Å². The van der Waals surface area contributed by atoms with E-state index in [0.29, 0.717) is 12.1 Å². The largest absolute Gasteiger partial charge is 0.369 e. The molecule has 2 aromatic carbocycles. The molecule has 0 aliphatic rings. The van der Waals surface area contributed by atoms with Crippen LogP contribution in [0.5, 0.6) is 0 Å². The van der Waals surface area contributed by atoms with E-state index < -0.39 is 5.41 Å². The number of nitrogens with one attached hydrogen (secondary N) is 2. The van der Waals surface area contributed by atoms with Gasteiger partial charge < -0.3 is 10.6 Å². The van der Waals surface area contributed by atoms with Crippen LogP contribution in [0, 0.1) is 11.3 Å². The Labute approximate surface area is 218 Å². The summed E-state index contributed by atoms with van der Waals surface area (Å²) in [5.41, 5.74) is 4.69. The van der Waals surface area contributed by atoms with Gasteiger partial charge in [0.05, 0.1) is 28.3 Å². The fourth-order valence-electron chi connectivity index (χ4n) is 4.03. The molecule has 1 amide bonds. The van der Waals surface area contributed by atoms with Crippen molar-refractivity contribution in [3.63, 3.8) is 0 Å². The van der Waals surface area contributed by atoms with Crippen molar-refractivity contribution in [3.05, 3.63) is 83.8 Å². The molecule has 8 heteroatoms. The predicted molar refractivity (Wildman–Crippen MR) is 149 cm³/mol. The number of amides is 1. The lowest BCUT2D eigenvalue weighted by molar-refractivity contribution is 0.0964. The number of para-hydroxylation sites is 1. The molecule has 0 unspecified atom stereocenters. The molecule has 0 saturated heterocycles. The van der Waals surface area contributed by atoms with Crippen LogP contribution in [0.3, 0.4) is 0 Å². The summed E-state index contributed by atoms with van der Waals surface area (Å²) in [6, 6.07) is 19.8. The summed E-state index contributed by atoms with van der Waals surface area (Å²) in [7, 11) is 1.63. The normalized spacial score (nSPS) is 11.8. The Hall–Kier alpha value is -3.96. The second kappa shape index (κ2) is 11.2. The molecule has 0 aliphatic heterocycles. The summed E-state index contributed by atoms with van der Waals surface area (Å²) >= 11 is 0. The first-order valence-electron chi connectivity index (χ1n) is 11.5. The van der Waals surface area contributed by atoms with E-state index >= 15 is 0 Å². The number of hydrogen-bond donors (Lipinski definition) is 2. The van der Waals surface area contributed by atoms with Crippen molar-refractivity contribution in [1.29, 1.82) is 5.26 Å². The number of rotatable bonds is 7. The number of carbonyl (C=O) groups is 1. The fraction of sp³-hybridized carbons (Fsp3) is 0.250. The van der Waals surface area contributed by atoms with Crippen LogP contribution in [0.4, 0.5) is 5.82 Å². The lowest BCUT2D eigenvalue weighted by Gasteiger charge is -2.17. The Kier molecular flexibility index (Phi) is 8.28. The second-order valence-corrected chi connectivity index (χ2v) is 9.07. The highest BCUT2D eigenvalue weighted by atomic mass is 32.1. The minimum atomic E-state index is -0.537. The molecule has 0 radical (unpaired) electrons. The number of fused-ring (bicyclic) bond motifs is 1. The maximum Gasteiger partial charge on any atom is 0.251 e. The number of hydrogen-bond acceptors (Lipinski definition) is 6. The highest BCUT2D eigenvalue weighted by molar-refractivity contribution is 7.59. The lowest BCUT2D eigenvalue weighted by Crippen LogP contribution is -2.18. The molecule has 0 spiro atoms. The molecule has 2 aromatic heterocycles. The molecule has 0 fully saturated rings. The average molecular weight is 499 g/mol. The summed E-state index contributed by atoms with van der Waals surface area (Å²) < 4.78 is 0. The van der Waals surface area contributed by atoms with Gasteiger partial charge >= 0.3 is 0 Å². The van der Waals surface area contributed by atoms with E-state index in [-0.39, 0.29) is 25.3 Å². The first-order chi connectivity index (χ1) is 16.8. The van der Waals surface area contributed by atoms with Gasteiger partial charge in [0, 0.05) is 42.7 Å². The van der Waals surface area contributed by atoms with Crippen molar-refractivity contribution in [1.82, 2.24) is 20.3 Å². The van der Waals surface area contributed by atoms with Crippen molar-refractivity contribution in [2.45, 2.75) is 32.1 Å². The fourth-order valence-corrected chi connectivity index (χ4v) is 4.03. The van der Waals surface area contributed by atoms with Gasteiger partial charge in [0.15, 0.2) is 0 Å². The van der Waals surface area contributed by atoms with Gasteiger partial charge in [-0.2, -0.15) is 18.8 Å². The van der Waals surface area contributed by atoms with E-state index in [0.717, 1.165) is 39.1 Å². The Balaban J connectivity index is 0.00000361. The summed E-state index contributed by atoms with van der Waals surface area (Å²) in [5, 5.41) is 16.3. The van der Waals surface area contributed by atoms with Gasteiger partial charge in [-0.15, -0.1) is 0 Å². The highest BCUT2D eigenvalue weighted by Crippen LogP contribution is 2.28. The van der Waals surface area contributed by atoms with E-state index in [2.05, 4.69) is 38.6 Å². The van der Waals surface area contributed by atoms with Gasteiger partial charge in [-0.25, -0.2) is 9.97 Å². The molecule has 0 aliphatic carbocycles. The van der Waals surface area contributed by atoms with E-state index in [9.17, 15) is 10.1 Å². The van der Waals surface area contributed by atoms with Crippen molar-refractivity contribution >= 4 is 36.1 Å². The molecular weight excluding hydrogens is 468 g/mol. The maximum atomic E-state index is 12.3. The average Bonchev–Trinajstić information content (AvgIpc) is 2.90. The smallest absolute Gasteiger partial charge is 0.251 e. The van der Waals surface area contributed by atoms with Crippen LogP contribution in [0.25, 0.3) is 22.2 Å². The van der Waals surface area contributed by atoms with E-state index in [1.807, 2.05) is 62.4 Å². The quantitative estimate of drug-likeness (QED) is 0.364. The second-order valence-electron chi connectivity index (χ2n) is 9.07. The number of nitriles is 1. The number of carbonyl (C=O) groups excluding carboxylic acids is 1. The van der Waals surface area contributed by atoms with Crippen LogP contribution in [-0.2, 0) is 5.41 Å². The minimum absolute atomic E-state index is 0. The van der Waals surface area contributed by atoms with Crippen LogP contribution < -0.4 is 10.6 Å². The van der Waals surface area contributed by atoms with Gasteiger partial charge in [0.1, 0.15) is 12.1 Å². The first kappa shape index (κ1) is 26.6. The van der Waals surface area contributed by atoms with Gasteiger partial charge in [-0.1, -0.05) is 49.4 Å². The molecule has 36 heavy (non-hydrogen) atoms. The molecule has 2 heterocycles. The standard InChI is InChI=1S/C28H28N6O.H2S/c1-18(21-6-5-7-22-23(27(35)30-4)12-13-31-26(21)22)15-32-25-14-24(33-17-34-25)19-8-10-20(11-9-19)28(2,3)16-29;/h5-14,17-18H,15H2,1-4H3,(H,30,35)(H,32,33,34);1H2/t18-;/m1./s1. The SMILES string of the molecule is CNC(=O)c1ccnc2c([C@H](C)CNc3cc(-c4ccc(C(C)(C)C#N)cc4)ncn3)cccc12.S. The predicted octanol–water partition coefficient (Wildman–Crippen LogP) is 5.18. The zero-order valence-corrected chi connectivity index (χ0v) is 21.8. The van der Waals surface area contributed by atoms with Crippen molar-refractivity contribution in [2.75, 3.05) is 18.9 Å². The third kappa shape index (κ3) is 5.47. The van der Waals surface area contributed by atoms with Crippen LogP contribution in [-0.4, -0.2) is 34.5 Å². The molecule has 0 bridgehead atoms. The number of nitrogens with zero attached hydrogens (tertiary/aromatic N) is 4. The van der Waals surface area contributed by atoms with Crippen molar-refractivity contribution < 1.29 is 4.79 Å². The van der Waals surface area contributed by atoms with Gasteiger partial charge in [-0.05, 0) is 31.0 Å². The molecule has 4 aromatic rings. The number of benzene rings is 2. The third-order valence-electron chi connectivity index (χ3n) is 6.24. The Morgan fingerprint density at radius 3 is 2.53 bits per heavy atom. The summed E-state index contributed by atoms with van der Waals surface area (Å²) in [6.07, 6.45) is 3.22. The highest BCUT2D eigenvalue weighted by Gasteiger charge is 2.19. The Bertz CT molecular complexity index is 1410. The number of aromatic nitrogens is 3. The first-order valence-corrected chi connectivity index (χ1v) is 11.5. The molecular formula is C28H30N6OS. The van der Waals surface area contributed by atoms with Gasteiger partial charge in [0.25, 0.3) is 5.91 Å². The van der Waals surface area contributed by atoms with Crippen LogP contribution >= 0.6 is 13.5 Å². The Morgan fingerprint density at radius 1 is 1.08 bits per heavy atom. The van der Waals surface area contributed by atoms with E-state index in [1.54, 1.807) is 25.6 Å². The molecule has 4 rings (SSSR count). The molecule has 2 N–H and O–H groups in total. The van der Waals surface area contributed by atoms with E-state index in [4.69, 9.17) is 0 Å². The van der Waals surface area contributed by atoms with E-state index in [1.165, 1.54) is 0 Å². The van der Waals surface area contributed by atoms with Crippen molar-refractivity contribution in [3.8, 4) is 17.3 Å². The van der Waals surface area contributed by atoms with Crippen LogP contribution in [0.1, 0.15) is 48.2 Å². The van der Waals surface area contributed by atoms with Crippen LogP contribution in [0.15, 0.2) is 67.1 Å². The van der Waals surface area contributed by atoms with Crippen molar-refractivity contribution in [2.24, 2.45) is 0 Å². The zero-order chi connectivity index (χ0) is 25.0. The zero-order valence-electron chi connectivity index (χ0n) is 20.8. The Morgan fingerprint density at radius 2 is 1.83 bits per heavy atom. The summed E-state index contributed by atoms with van der Waals surface area (Å²) in [6.45, 7) is 6.56. The minimum Gasteiger partial charge on any atom is -0.369 e.